The molecule has 0 bridgehead atoms. The molecule has 0 radical (unpaired) electrons. The summed E-state index contributed by atoms with van der Waals surface area (Å²) in [6.45, 7) is 4.00. The van der Waals surface area contributed by atoms with Crippen LogP contribution in [0.5, 0.6) is 0 Å². The molecule has 68 valence electrons. The second-order valence-electron chi connectivity index (χ2n) is 3.57. The molecule has 11 heavy (non-hydrogen) atoms. The highest BCUT2D eigenvalue weighted by atomic mass is 79.9. The number of hydrogen-bond donors (Lipinski definition) is 1. The molecule has 0 aromatic carbocycles. The van der Waals surface area contributed by atoms with Crippen molar-refractivity contribution in [3.05, 3.63) is 0 Å². The Morgan fingerprint density at radius 2 is 1.73 bits per heavy atom. The molecule has 3 heteroatoms. The van der Waals surface area contributed by atoms with Gasteiger partial charge >= 0.3 is 0 Å². The zero-order valence-corrected chi connectivity index (χ0v) is 9.70. The number of thiol groups is 1. The van der Waals surface area contributed by atoms with Gasteiger partial charge in [0.1, 0.15) is 0 Å². The molecule has 1 nitrogen and oxygen atoms in total. The summed E-state index contributed by atoms with van der Waals surface area (Å²) in [7, 11) is 2.36. The summed E-state index contributed by atoms with van der Waals surface area (Å²) in [6, 6.07) is 0. The number of rotatable bonds is 2. The van der Waals surface area contributed by atoms with Gasteiger partial charge in [0.15, 0.2) is 0 Å². The smallest absolute Gasteiger partial charge is 0.0874 e. The van der Waals surface area contributed by atoms with Gasteiger partial charge in [-0.1, -0.05) is 0 Å². The van der Waals surface area contributed by atoms with Gasteiger partial charge in [-0.05, 0) is 19.3 Å². The third kappa shape index (κ3) is 3.81. The zero-order valence-electron chi connectivity index (χ0n) is 7.22. The van der Waals surface area contributed by atoms with E-state index in [2.05, 4.69) is 19.7 Å². The van der Waals surface area contributed by atoms with Crippen LogP contribution in [0.2, 0.25) is 0 Å². The Hall–Kier alpha value is 0.790. The average molecular weight is 240 g/mol. The summed E-state index contributed by atoms with van der Waals surface area (Å²) in [6.07, 6.45) is 4.29. The second kappa shape index (κ2) is 5.44. The maximum atomic E-state index is 4.27. The Morgan fingerprint density at radius 3 is 2.18 bits per heavy atom. The minimum absolute atomic E-state index is 0. The molecule has 1 aliphatic rings. The SMILES string of the molecule is C[N+]1(CCS)CCCCC1.[Br-]. The van der Waals surface area contributed by atoms with Gasteiger partial charge in [0.2, 0.25) is 0 Å². The summed E-state index contributed by atoms with van der Waals surface area (Å²) in [4.78, 5) is 0. The number of halogens is 1. The minimum atomic E-state index is 0. The van der Waals surface area contributed by atoms with Crippen LogP contribution >= 0.6 is 12.6 Å². The summed E-state index contributed by atoms with van der Waals surface area (Å²) in [5.41, 5.74) is 0. The number of quaternary nitrogens is 1. The lowest BCUT2D eigenvalue weighted by atomic mass is 10.1. The highest BCUT2D eigenvalue weighted by Gasteiger charge is 2.22. The molecule has 0 saturated carbocycles. The Morgan fingerprint density at radius 1 is 1.18 bits per heavy atom. The first kappa shape index (κ1) is 11.8. The molecule has 0 N–H and O–H groups in total. The van der Waals surface area contributed by atoms with Crippen molar-refractivity contribution in [3.8, 4) is 0 Å². The van der Waals surface area contributed by atoms with Gasteiger partial charge in [-0.15, -0.1) is 0 Å². The molecular formula is C8H18BrNS. The van der Waals surface area contributed by atoms with Gasteiger partial charge < -0.3 is 21.5 Å². The number of nitrogens with zero attached hydrogens (tertiary/aromatic N) is 1. The van der Waals surface area contributed by atoms with Crippen LogP contribution in [0.1, 0.15) is 19.3 Å². The van der Waals surface area contributed by atoms with E-state index >= 15 is 0 Å². The van der Waals surface area contributed by atoms with E-state index in [1.165, 1.54) is 43.4 Å². The van der Waals surface area contributed by atoms with Crippen molar-refractivity contribution in [3.63, 3.8) is 0 Å². The molecule has 1 fully saturated rings. The lowest BCUT2D eigenvalue weighted by Crippen LogP contribution is -3.00. The van der Waals surface area contributed by atoms with Crippen LogP contribution in [-0.4, -0.2) is 36.9 Å². The van der Waals surface area contributed by atoms with Crippen molar-refractivity contribution in [2.24, 2.45) is 0 Å². The number of hydrogen-bond acceptors (Lipinski definition) is 1. The van der Waals surface area contributed by atoms with Crippen LogP contribution in [-0.2, 0) is 0 Å². The Labute approximate surface area is 85.9 Å². The second-order valence-corrected chi connectivity index (χ2v) is 4.02. The molecule has 0 spiro atoms. The van der Waals surface area contributed by atoms with E-state index < -0.39 is 0 Å². The lowest BCUT2D eigenvalue weighted by Gasteiger charge is -2.37. The molecular weight excluding hydrogens is 222 g/mol. The normalized spacial score (nSPS) is 22.4. The van der Waals surface area contributed by atoms with Crippen LogP contribution in [0.4, 0.5) is 0 Å². The number of piperidine rings is 1. The van der Waals surface area contributed by atoms with E-state index in [0.29, 0.717) is 0 Å². The van der Waals surface area contributed by atoms with Crippen molar-refractivity contribution < 1.29 is 21.5 Å². The maximum absolute atomic E-state index is 4.27. The van der Waals surface area contributed by atoms with E-state index in [-0.39, 0.29) is 17.0 Å². The van der Waals surface area contributed by atoms with Gasteiger partial charge in [0.25, 0.3) is 0 Å². The van der Waals surface area contributed by atoms with Gasteiger partial charge in [-0.2, -0.15) is 12.6 Å². The summed E-state index contributed by atoms with van der Waals surface area (Å²) in [5.74, 6) is 1.04. The molecule has 0 aromatic heterocycles. The van der Waals surface area contributed by atoms with Crippen LogP contribution in [0.25, 0.3) is 0 Å². The van der Waals surface area contributed by atoms with E-state index in [0.717, 1.165) is 5.75 Å². The molecule has 1 saturated heterocycles. The fourth-order valence-corrected chi connectivity index (χ4v) is 2.22. The predicted octanol–water partition coefficient (Wildman–Crippen LogP) is -1.45. The standard InChI is InChI=1S/C8H17NS.BrH/c1-9(7-8-10)5-3-2-4-6-9;/h2-8H2,1H3;1H. The topological polar surface area (TPSA) is 0 Å². The zero-order chi connectivity index (χ0) is 7.45. The largest absolute Gasteiger partial charge is 1.00 e. The first-order valence-corrected chi connectivity index (χ1v) is 4.84. The molecule has 0 aliphatic carbocycles. The highest BCUT2D eigenvalue weighted by molar-refractivity contribution is 7.80. The number of likely N-dealkylation sites (tertiary alicyclic amines) is 1. The van der Waals surface area contributed by atoms with Crippen LogP contribution in [0, 0.1) is 0 Å². The van der Waals surface area contributed by atoms with Crippen molar-refractivity contribution in [2.75, 3.05) is 32.4 Å². The Balaban J connectivity index is 0.000001000. The molecule has 0 aromatic rings. The summed E-state index contributed by atoms with van der Waals surface area (Å²) >= 11 is 4.27. The van der Waals surface area contributed by atoms with E-state index in [1.807, 2.05) is 0 Å². The van der Waals surface area contributed by atoms with Crippen molar-refractivity contribution >= 4 is 12.6 Å². The van der Waals surface area contributed by atoms with Gasteiger partial charge in [-0.25, -0.2) is 0 Å². The van der Waals surface area contributed by atoms with Gasteiger partial charge in [0.05, 0.1) is 26.7 Å². The quantitative estimate of drug-likeness (QED) is 0.443. The van der Waals surface area contributed by atoms with Crippen molar-refractivity contribution in [2.45, 2.75) is 19.3 Å². The Bertz CT molecular complexity index is 96.8. The molecule has 0 atom stereocenters. The van der Waals surface area contributed by atoms with Crippen molar-refractivity contribution in [1.82, 2.24) is 0 Å². The fourth-order valence-electron chi connectivity index (χ4n) is 1.74. The van der Waals surface area contributed by atoms with E-state index in [9.17, 15) is 0 Å². The molecule has 0 unspecified atom stereocenters. The van der Waals surface area contributed by atoms with Crippen molar-refractivity contribution in [1.29, 1.82) is 0 Å². The molecule has 1 heterocycles. The highest BCUT2D eigenvalue weighted by Crippen LogP contribution is 2.15. The first-order chi connectivity index (χ1) is 4.77. The van der Waals surface area contributed by atoms with E-state index in [1.54, 1.807) is 0 Å². The first-order valence-electron chi connectivity index (χ1n) is 4.21. The Kier molecular flexibility index (Phi) is 5.83. The van der Waals surface area contributed by atoms with Crippen LogP contribution < -0.4 is 17.0 Å². The maximum Gasteiger partial charge on any atom is 0.0874 e. The molecule has 0 amide bonds. The average Bonchev–Trinajstić information content (AvgIpc) is 1.89. The summed E-state index contributed by atoms with van der Waals surface area (Å²) < 4.78 is 1.27. The van der Waals surface area contributed by atoms with Crippen LogP contribution in [0.15, 0.2) is 0 Å². The fraction of sp³-hybridized carbons (Fsp3) is 1.00. The minimum Gasteiger partial charge on any atom is -1.00 e. The monoisotopic (exact) mass is 239 g/mol. The molecule has 1 aliphatic heterocycles. The third-order valence-corrected chi connectivity index (χ3v) is 2.74. The van der Waals surface area contributed by atoms with Gasteiger partial charge in [-0.3, -0.25) is 0 Å². The predicted molar refractivity (Wildman–Crippen MR) is 48.5 cm³/mol. The van der Waals surface area contributed by atoms with Crippen LogP contribution in [0.3, 0.4) is 0 Å². The lowest BCUT2D eigenvalue weighted by molar-refractivity contribution is -0.911. The van der Waals surface area contributed by atoms with Gasteiger partial charge in [0, 0.05) is 5.75 Å². The van der Waals surface area contributed by atoms with E-state index in [4.69, 9.17) is 0 Å². The summed E-state index contributed by atoms with van der Waals surface area (Å²) in [5, 5.41) is 0. The third-order valence-electron chi connectivity index (χ3n) is 2.54. The molecule has 1 rings (SSSR count).